The van der Waals surface area contributed by atoms with Crippen LogP contribution in [0.2, 0.25) is 0 Å². The second kappa shape index (κ2) is 6.05. The van der Waals surface area contributed by atoms with Crippen LogP contribution in [0.1, 0.15) is 26.5 Å². The Bertz CT molecular complexity index is 865. The smallest absolute Gasteiger partial charge is 0.290 e. The summed E-state index contributed by atoms with van der Waals surface area (Å²) in [7, 11) is 0. The van der Waals surface area contributed by atoms with Gasteiger partial charge in [-0.15, -0.1) is 0 Å². The molecule has 2 aromatic rings. The summed E-state index contributed by atoms with van der Waals surface area (Å²) in [6, 6.07) is 8.06. The van der Waals surface area contributed by atoms with Crippen LogP contribution >= 0.6 is 11.8 Å². The fraction of sp³-hybridized carbons (Fsp3) is 0. The molecule has 0 saturated carbocycles. The standard InChI is InChI=1S/C16H9NO5S/c18-7-10-2-1-9(5-11(10)8-19)13-4-3-12(22-13)6-14-15(20)17-16(21)23-14/h1-8H,(H,17,20,21)/b14-6-. The van der Waals surface area contributed by atoms with E-state index in [0.29, 0.717) is 35.2 Å². The molecule has 1 N–H and O–H groups in total. The summed E-state index contributed by atoms with van der Waals surface area (Å²) in [4.78, 5) is 44.7. The topological polar surface area (TPSA) is 93.4 Å². The molecule has 0 aliphatic carbocycles. The van der Waals surface area contributed by atoms with Crippen LogP contribution < -0.4 is 5.32 Å². The molecule has 1 aliphatic rings. The van der Waals surface area contributed by atoms with E-state index < -0.39 is 11.1 Å². The van der Waals surface area contributed by atoms with Gasteiger partial charge >= 0.3 is 0 Å². The zero-order valence-corrected chi connectivity index (χ0v) is 12.4. The highest BCUT2D eigenvalue weighted by Crippen LogP contribution is 2.29. The number of rotatable bonds is 4. The zero-order chi connectivity index (χ0) is 16.4. The lowest BCUT2D eigenvalue weighted by Crippen LogP contribution is -2.17. The molecule has 0 spiro atoms. The third-order valence-electron chi connectivity index (χ3n) is 3.17. The van der Waals surface area contributed by atoms with E-state index in [2.05, 4.69) is 5.32 Å². The Hall–Kier alpha value is -2.93. The van der Waals surface area contributed by atoms with Crippen molar-refractivity contribution < 1.29 is 23.6 Å². The van der Waals surface area contributed by atoms with Crippen molar-refractivity contribution in [3.8, 4) is 11.3 Å². The van der Waals surface area contributed by atoms with Gasteiger partial charge in [-0.3, -0.25) is 24.5 Å². The van der Waals surface area contributed by atoms with E-state index in [9.17, 15) is 19.2 Å². The maximum absolute atomic E-state index is 11.5. The number of carbonyl (C=O) groups excluding carboxylic acids is 4. The van der Waals surface area contributed by atoms with Gasteiger partial charge in [-0.25, -0.2) is 0 Å². The van der Waals surface area contributed by atoms with Crippen molar-refractivity contribution >= 4 is 41.6 Å². The first-order valence-corrected chi connectivity index (χ1v) is 7.32. The van der Waals surface area contributed by atoms with Crippen molar-refractivity contribution in [1.82, 2.24) is 5.32 Å². The van der Waals surface area contributed by atoms with E-state index in [-0.39, 0.29) is 10.5 Å². The summed E-state index contributed by atoms with van der Waals surface area (Å²) in [6.45, 7) is 0. The fourth-order valence-electron chi connectivity index (χ4n) is 2.07. The number of hydrogen-bond acceptors (Lipinski definition) is 6. The Morgan fingerprint density at radius 3 is 2.43 bits per heavy atom. The molecule has 1 aliphatic heterocycles. The summed E-state index contributed by atoms with van der Waals surface area (Å²) in [5.74, 6) is 0.420. The molecule has 1 fully saturated rings. The van der Waals surface area contributed by atoms with Gasteiger partial charge in [0.2, 0.25) is 0 Å². The third-order valence-corrected chi connectivity index (χ3v) is 3.98. The molecular formula is C16H9NO5S. The number of thioether (sulfide) groups is 1. The first kappa shape index (κ1) is 15.0. The second-order valence-corrected chi connectivity index (χ2v) is 5.65. The van der Waals surface area contributed by atoms with Crippen molar-refractivity contribution in [2.75, 3.05) is 0 Å². The molecule has 23 heavy (non-hydrogen) atoms. The molecule has 6 nitrogen and oxygen atoms in total. The molecule has 1 aromatic heterocycles. The predicted molar refractivity (Wildman–Crippen MR) is 84.0 cm³/mol. The summed E-state index contributed by atoms with van der Waals surface area (Å²) in [5, 5.41) is 1.73. The molecule has 0 radical (unpaired) electrons. The first-order valence-electron chi connectivity index (χ1n) is 6.50. The monoisotopic (exact) mass is 327 g/mol. The van der Waals surface area contributed by atoms with Crippen molar-refractivity contribution in [1.29, 1.82) is 0 Å². The van der Waals surface area contributed by atoms with E-state index >= 15 is 0 Å². The van der Waals surface area contributed by atoms with E-state index in [1.165, 1.54) is 12.1 Å². The zero-order valence-electron chi connectivity index (χ0n) is 11.6. The van der Waals surface area contributed by atoms with Crippen LogP contribution in [0.15, 0.2) is 39.7 Å². The maximum atomic E-state index is 11.5. The van der Waals surface area contributed by atoms with Crippen LogP contribution in [-0.4, -0.2) is 23.7 Å². The largest absolute Gasteiger partial charge is 0.457 e. The highest BCUT2D eigenvalue weighted by molar-refractivity contribution is 8.18. The molecule has 2 amide bonds. The molecule has 1 aromatic carbocycles. The van der Waals surface area contributed by atoms with Crippen LogP contribution in [0.3, 0.4) is 0 Å². The van der Waals surface area contributed by atoms with Crippen LogP contribution in [-0.2, 0) is 4.79 Å². The highest BCUT2D eigenvalue weighted by Gasteiger charge is 2.25. The quantitative estimate of drug-likeness (QED) is 0.685. The molecule has 1 saturated heterocycles. The van der Waals surface area contributed by atoms with Crippen molar-refractivity contribution in [3.05, 3.63) is 52.1 Å². The predicted octanol–water partition coefficient (Wildman–Crippen LogP) is 2.90. The minimum Gasteiger partial charge on any atom is -0.457 e. The van der Waals surface area contributed by atoms with Crippen molar-refractivity contribution in [2.24, 2.45) is 0 Å². The molecule has 0 atom stereocenters. The van der Waals surface area contributed by atoms with Gasteiger partial charge in [0.1, 0.15) is 11.5 Å². The van der Waals surface area contributed by atoms with Crippen LogP contribution in [0, 0.1) is 0 Å². The van der Waals surface area contributed by atoms with Gasteiger partial charge < -0.3 is 4.42 Å². The first-order chi connectivity index (χ1) is 11.1. The molecular weight excluding hydrogens is 318 g/mol. The van der Waals surface area contributed by atoms with Crippen molar-refractivity contribution in [2.45, 2.75) is 0 Å². The second-order valence-electron chi connectivity index (χ2n) is 4.63. The van der Waals surface area contributed by atoms with E-state index in [1.54, 1.807) is 24.3 Å². The molecule has 0 bridgehead atoms. The van der Waals surface area contributed by atoms with Gasteiger partial charge in [0.15, 0.2) is 12.6 Å². The third kappa shape index (κ3) is 3.00. The minimum absolute atomic E-state index is 0.251. The van der Waals surface area contributed by atoms with Gasteiger partial charge in [-0.1, -0.05) is 12.1 Å². The van der Waals surface area contributed by atoms with Crippen molar-refractivity contribution in [3.63, 3.8) is 0 Å². The summed E-state index contributed by atoms with van der Waals surface area (Å²) < 4.78 is 5.60. The Kier molecular flexibility index (Phi) is 3.94. The van der Waals surface area contributed by atoms with Crippen LogP contribution in [0.5, 0.6) is 0 Å². The van der Waals surface area contributed by atoms with Gasteiger partial charge in [0.25, 0.3) is 11.1 Å². The molecule has 0 unspecified atom stereocenters. The number of imide groups is 1. The number of aldehydes is 2. The summed E-state index contributed by atoms with van der Waals surface area (Å²) >= 11 is 0.801. The highest BCUT2D eigenvalue weighted by atomic mass is 32.2. The minimum atomic E-state index is -0.462. The average molecular weight is 327 g/mol. The Balaban J connectivity index is 1.92. The number of benzene rings is 1. The summed E-state index contributed by atoms with van der Waals surface area (Å²) in [6.07, 6.45) is 2.68. The Morgan fingerprint density at radius 2 is 1.78 bits per heavy atom. The number of nitrogens with one attached hydrogen (secondary N) is 1. The Morgan fingerprint density at radius 1 is 1.00 bits per heavy atom. The summed E-state index contributed by atoms with van der Waals surface area (Å²) in [5.41, 5.74) is 1.20. The SMILES string of the molecule is O=Cc1ccc(-c2ccc(/C=C3\SC(=O)NC3=O)o2)cc1C=O. The van der Waals surface area contributed by atoms with E-state index in [1.807, 2.05) is 0 Å². The number of hydrogen-bond donors (Lipinski definition) is 1. The number of amides is 2. The molecule has 114 valence electrons. The number of carbonyl (C=O) groups is 4. The normalized spacial score (nSPS) is 15.7. The lowest BCUT2D eigenvalue weighted by Gasteiger charge is -2.01. The van der Waals surface area contributed by atoms with Crippen LogP contribution in [0.4, 0.5) is 4.79 Å². The molecule has 3 rings (SSSR count). The Labute approximate surface area is 134 Å². The lowest BCUT2D eigenvalue weighted by atomic mass is 10.0. The van der Waals surface area contributed by atoms with Gasteiger partial charge in [-0.05, 0) is 30.0 Å². The molecule has 7 heteroatoms. The lowest BCUT2D eigenvalue weighted by molar-refractivity contribution is -0.115. The van der Waals surface area contributed by atoms with Gasteiger partial charge in [0, 0.05) is 22.8 Å². The number of furan rings is 1. The average Bonchev–Trinajstić information content (AvgIpc) is 3.13. The van der Waals surface area contributed by atoms with Crippen LogP contribution in [0.25, 0.3) is 17.4 Å². The van der Waals surface area contributed by atoms with E-state index in [0.717, 1.165) is 11.8 Å². The van der Waals surface area contributed by atoms with Gasteiger partial charge in [0.05, 0.1) is 4.91 Å². The fourth-order valence-corrected chi connectivity index (χ4v) is 2.74. The van der Waals surface area contributed by atoms with Gasteiger partial charge in [-0.2, -0.15) is 0 Å². The van der Waals surface area contributed by atoms with E-state index in [4.69, 9.17) is 4.42 Å². The maximum Gasteiger partial charge on any atom is 0.290 e. The molecule has 2 heterocycles.